The number of nitrogens with zero attached hydrogens (tertiary/aromatic N) is 1. The lowest BCUT2D eigenvalue weighted by atomic mass is 10.2. The molecular formula is C10H17Cl2N4O4S-. The molecule has 0 saturated carbocycles. The molecule has 0 fully saturated rings. The lowest BCUT2D eigenvalue weighted by Crippen LogP contribution is -3.00. The summed E-state index contributed by atoms with van der Waals surface area (Å²) >= 11 is 1.24. The van der Waals surface area contributed by atoms with Gasteiger partial charge in [0.25, 0.3) is 0 Å². The standard InChI is InChI=1S/C10H16N4O4S.2ClH/c1-12-7(9(17)18)2-5-3-13-10(14-5)19-4-6(11)8(15)16;;/h3,6-7,12H,2,4,11H2,1H3,(H,13,14)(H,15,16)(H,17,18);2*1H/p-1/t6?,7-;;/m0../s1. The van der Waals surface area contributed by atoms with Crippen LogP contribution in [0.5, 0.6) is 0 Å². The Balaban J connectivity index is 0. The third-order valence-electron chi connectivity index (χ3n) is 2.52. The second-order valence-corrected chi connectivity index (χ2v) is 5.03. The van der Waals surface area contributed by atoms with Crippen LogP contribution in [0.15, 0.2) is 11.4 Å². The van der Waals surface area contributed by atoms with E-state index in [2.05, 4.69) is 15.7 Å². The van der Waals surface area contributed by atoms with Crippen LogP contribution in [0.1, 0.15) is 5.69 Å². The van der Waals surface area contributed by atoms with E-state index in [1.807, 2.05) is 0 Å². The fourth-order valence-electron chi connectivity index (χ4n) is 1.34. The molecule has 0 aromatic carbocycles. The summed E-state index contributed by atoms with van der Waals surface area (Å²) < 4.78 is 0. The van der Waals surface area contributed by atoms with E-state index in [1.54, 1.807) is 18.6 Å². The highest BCUT2D eigenvalue weighted by Gasteiger charge is 2.17. The maximum atomic E-state index is 10.8. The molecule has 0 bridgehead atoms. The first-order chi connectivity index (χ1) is 8.93. The first-order valence-electron chi connectivity index (χ1n) is 5.67. The number of hydrogen-bond acceptors (Lipinski definition) is 5. The van der Waals surface area contributed by atoms with Gasteiger partial charge in [-0.1, -0.05) is 11.8 Å². The summed E-state index contributed by atoms with van der Waals surface area (Å²) in [6.45, 7) is 0. The number of nitrogens with two attached hydrogens (primary N) is 1. The Bertz CT molecular complexity index is 460. The van der Waals surface area contributed by atoms with Gasteiger partial charge in [0.05, 0.1) is 18.8 Å². The van der Waals surface area contributed by atoms with E-state index in [0.29, 0.717) is 16.6 Å². The van der Waals surface area contributed by atoms with Crippen molar-refractivity contribution in [1.82, 2.24) is 9.97 Å². The van der Waals surface area contributed by atoms with E-state index in [4.69, 9.17) is 5.11 Å². The Morgan fingerprint density at radius 2 is 2.19 bits per heavy atom. The Morgan fingerprint density at radius 1 is 1.57 bits per heavy atom. The van der Waals surface area contributed by atoms with Gasteiger partial charge in [-0.3, -0.25) is 0 Å². The van der Waals surface area contributed by atoms with Gasteiger partial charge in [0.2, 0.25) is 0 Å². The quantitative estimate of drug-likeness (QED) is 0.338. The zero-order chi connectivity index (χ0) is 14.4. The number of halogens is 2. The molecule has 8 nitrogen and oxygen atoms in total. The molecule has 122 valence electrons. The molecule has 0 aliphatic heterocycles. The minimum atomic E-state index is -1.13. The third kappa shape index (κ3) is 7.53. The summed E-state index contributed by atoms with van der Waals surface area (Å²) in [5, 5.41) is 21.6. The number of H-pyrrole nitrogens is 1. The van der Waals surface area contributed by atoms with Gasteiger partial charge in [-0.05, 0) is 0 Å². The van der Waals surface area contributed by atoms with E-state index < -0.39 is 24.0 Å². The summed E-state index contributed by atoms with van der Waals surface area (Å²) in [5.74, 6) is -1.79. The smallest absolute Gasteiger partial charge is 0.363 e. The predicted octanol–water partition coefficient (Wildman–Crippen LogP) is -9.94. The van der Waals surface area contributed by atoms with Crippen molar-refractivity contribution in [3.63, 3.8) is 0 Å². The van der Waals surface area contributed by atoms with E-state index in [1.165, 1.54) is 11.8 Å². The van der Waals surface area contributed by atoms with Crippen molar-refractivity contribution in [3.8, 4) is 0 Å². The number of carbonyl (C=O) groups excluding carboxylic acids is 1. The highest BCUT2D eigenvalue weighted by Crippen LogP contribution is 2.14. The second kappa shape index (κ2) is 10.7. The number of carbonyl (C=O) groups is 2. The number of carboxylic acid groups (broad SMARTS) is 2. The van der Waals surface area contributed by atoms with E-state index in [0.717, 1.165) is 0 Å². The summed E-state index contributed by atoms with van der Waals surface area (Å²) in [6, 6.07) is -1.38. The van der Waals surface area contributed by atoms with Gasteiger partial charge in [0.15, 0.2) is 11.2 Å². The average Bonchev–Trinajstić information content (AvgIpc) is 2.80. The molecule has 1 unspecified atom stereocenters. The summed E-state index contributed by atoms with van der Waals surface area (Å²) in [5.41, 5.74) is 4.16. The number of aliphatic carboxylic acids is 2. The SMILES string of the molecule is C[NH2+][C@@H](Cc1cnc(SCC([NH3+])C(=O)O)[nH]1)C(=O)[O-].[Cl-].[Cl-]. The molecule has 1 heterocycles. The van der Waals surface area contributed by atoms with Gasteiger partial charge in [-0.15, -0.1) is 0 Å². The molecule has 21 heavy (non-hydrogen) atoms. The van der Waals surface area contributed by atoms with Crippen molar-refractivity contribution in [1.29, 1.82) is 0 Å². The van der Waals surface area contributed by atoms with Crippen LogP contribution >= 0.6 is 11.8 Å². The largest absolute Gasteiger partial charge is 1.00 e. The van der Waals surface area contributed by atoms with Gasteiger partial charge in [-0.2, -0.15) is 0 Å². The zero-order valence-electron chi connectivity index (χ0n) is 11.2. The first-order valence-corrected chi connectivity index (χ1v) is 6.65. The van der Waals surface area contributed by atoms with Gasteiger partial charge < -0.3 is 55.9 Å². The lowest BCUT2D eigenvalue weighted by molar-refractivity contribution is -0.657. The third-order valence-corrected chi connectivity index (χ3v) is 3.57. The van der Waals surface area contributed by atoms with Crippen molar-refractivity contribution in [2.45, 2.75) is 23.7 Å². The van der Waals surface area contributed by atoms with Crippen molar-refractivity contribution < 1.29 is 55.7 Å². The molecule has 0 radical (unpaired) electrons. The first kappa shape index (κ1) is 22.3. The Labute approximate surface area is 138 Å². The summed E-state index contributed by atoms with van der Waals surface area (Å²) in [6.07, 6.45) is 1.82. The van der Waals surface area contributed by atoms with Gasteiger partial charge >= 0.3 is 5.97 Å². The van der Waals surface area contributed by atoms with Crippen molar-refractivity contribution in [3.05, 3.63) is 11.9 Å². The maximum Gasteiger partial charge on any atom is 0.363 e. The van der Waals surface area contributed by atoms with Gasteiger partial charge in [-0.25, -0.2) is 9.78 Å². The molecule has 0 saturated heterocycles. The highest BCUT2D eigenvalue weighted by atomic mass is 35.5. The van der Waals surface area contributed by atoms with Crippen LogP contribution in [0.4, 0.5) is 0 Å². The zero-order valence-corrected chi connectivity index (χ0v) is 13.5. The van der Waals surface area contributed by atoms with Crippen LogP contribution in [0.25, 0.3) is 0 Å². The van der Waals surface area contributed by atoms with Gasteiger partial charge in [0.1, 0.15) is 6.04 Å². The number of carboxylic acids is 2. The topological polar surface area (TPSA) is 150 Å². The van der Waals surface area contributed by atoms with Crippen LogP contribution in [0.2, 0.25) is 0 Å². The molecule has 1 aromatic rings. The van der Waals surface area contributed by atoms with Crippen molar-refractivity contribution >= 4 is 23.7 Å². The fraction of sp³-hybridized carbons (Fsp3) is 0.500. The van der Waals surface area contributed by atoms with Crippen LogP contribution < -0.4 is 41.0 Å². The van der Waals surface area contributed by atoms with Crippen LogP contribution in [-0.2, 0) is 16.0 Å². The second-order valence-electron chi connectivity index (χ2n) is 4.02. The summed E-state index contributed by atoms with van der Waals surface area (Å²) in [4.78, 5) is 28.4. The fourth-order valence-corrected chi connectivity index (χ4v) is 2.17. The minimum Gasteiger partial charge on any atom is -1.00 e. The van der Waals surface area contributed by atoms with Crippen molar-refractivity contribution in [2.24, 2.45) is 0 Å². The minimum absolute atomic E-state index is 0. The molecule has 1 aromatic heterocycles. The monoisotopic (exact) mass is 359 g/mol. The van der Waals surface area contributed by atoms with Crippen LogP contribution in [0.3, 0.4) is 0 Å². The Morgan fingerprint density at radius 3 is 2.67 bits per heavy atom. The number of quaternary nitrogens is 2. The molecule has 2 atom stereocenters. The number of likely N-dealkylation sites (N-methyl/N-ethyl adjacent to an activating group) is 1. The molecule has 0 aliphatic rings. The highest BCUT2D eigenvalue weighted by molar-refractivity contribution is 7.99. The molecule has 1 rings (SSSR count). The van der Waals surface area contributed by atoms with E-state index >= 15 is 0 Å². The van der Waals surface area contributed by atoms with E-state index in [-0.39, 0.29) is 31.2 Å². The molecule has 7 N–H and O–H groups in total. The number of aromatic amines is 1. The maximum absolute atomic E-state index is 10.8. The van der Waals surface area contributed by atoms with Crippen molar-refractivity contribution in [2.75, 3.05) is 12.8 Å². The number of rotatable bonds is 8. The van der Waals surface area contributed by atoms with Crippen LogP contribution in [0, 0.1) is 0 Å². The summed E-state index contributed by atoms with van der Waals surface area (Å²) in [7, 11) is 1.66. The van der Waals surface area contributed by atoms with Gasteiger partial charge in [0, 0.05) is 18.3 Å². The number of aromatic nitrogens is 2. The van der Waals surface area contributed by atoms with E-state index in [9.17, 15) is 14.7 Å². The molecule has 0 spiro atoms. The molecule has 0 aliphatic carbocycles. The number of nitrogens with one attached hydrogen (secondary N) is 1. The molecule has 11 heteroatoms. The number of hydrogen-bond donors (Lipinski definition) is 4. The van der Waals surface area contributed by atoms with Crippen LogP contribution in [-0.4, -0.2) is 51.9 Å². The Hall–Kier alpha value is -1.00. The average molecular weight is 360 g/mol. The predicted molar refractivity (Wildman–Crippen MR) is 64.0 cm³/mol. The molecule has 0 amide bonds. The normalized spacial score (nSPS) is 12.7. The number of imidazole rings is 1. The lowest BCUT2D eigenvalue weighted by Gasteiger charge is -2.12. The number of thioether (sulfide) groups is 1. The molecular weight excluding hydrogens is 343 g/mol. The Kier molecular flexibility index (Phi) is 11.3.